The highest BCUT2D eigenvalue weighted by Crippen LogP contribution is 2.37. The molecule has 7 nitrogen and oxygen atoms in total. The summed E-state index contributed by atoms with van der Waals surface area (Å²) in [6.45, 7) is 3.80. The summed E-state index contributed by atoms with van der Waals surface area (Å²) in [5.74, 6) is 1.25. The van der Waals surface area contributed by atoms with Crippen LogP contribution in [0.1, 0.15) is 18.1 Å². The second-order valence-corrected chi connectivity index (χ2v) is 7.49. The molecule has 4 amide bonds. The average Bonchev–Trinajstić information content (AvgIpc) is 2.73. The van der Waals surface area contributed by atoms with Crippen LogP contribution < -0.4 is 19.7 Å². The van der Waals surface area contributed by atoms with Crippen molar-refractivity contribution in [1.82, 2.24) is 5.32 Å². The van der Waals surface area contributed by atoms with Crippen LogP contribution in [0.5, 0.6) is 11.5 Å². The van der Waals surface area contributed by atoms with Crippen LogP contribution in [-0.2, 0) is 9.59 Å². The first-order valence-corrected chi connectivity index (χ1v) is 10.2. The molecule has 9 heteroatoms. The number of hydrogen-bond acceptors (Lipinski definition) is 5. The van der Waals surface area contributed by atoms with Gasteiger partial charge in [0.2, 0.25) is 0 Å². The molecular weight excluding hydrogens is 455 g/mol. The van der Waals surface area contributed by atoms with Crippen molar-refractivity contribution in [1.29, 1.82) is 0 Å². The number of imide groups is 2. The van der Waals surface area contributed by atoms with E-state index in [1.54, 1.807) is 32.0 Å². The first kappa shape index (κ1) is 23.2. The summed E-state index contributed by atoms with van der Waals surface area (Å²) in [6.07, 6.45) is 6.55. The maximum absolute atomic E-state index is 13.1. The minimum atomic E-state index is -0.867. The van der Waals surface area contributed by atoms with Crippen molar-refractivity contribution in [3.63, 3.8) is 0 Å². The molecule has 0 unspecified atom stereocenters. The number of anilines is 1. The number of urea groups is 1. The number of barbiturate groups is 1. The Morgan fingerprint density at radius 1 is 1.16 bits per heavy atom. The lowest BCUT2D eigenvalue weighted by Gasteiger charge is -2.27. The Labute approximate surface area is 194 Å². The molecule has 1 aliphatic heterocycles. The van der Waals surface area contributed by atoms with Crippen molar-refractivity contribution in [3.8, 4) is 23.8 Å². The molecule has 164 valence electrons. The Morgan fingerprint density at radius 3 is 2.59 bits per heavy atom. The van der Waals surface area contributed by atoms with Gasteiger partial charge in [0, 0.05) is 5.02 Å². The molecule has 1 fully saturated rings. The zero-order valence-corrected chi connectivity index (χ0v) is 18.7. The van der Waals surface area contributed by atoms with E-state index < -0.39 is 17.8 Å². The van der Waals surface area contributed by atoms with Gasteiger partial charge in [-0.15, -0.1) is 6.42 Å². The van der Waals surface area contributed by atoms with Crippen LogP contribution >= 0.6 is 23.2 Å². The van der Waals surface area contributed by atoms with Crippen LogP contribution in [-0.4, -0.2) is 31.1 Å². The van der Waals surface area contributed by atoms with E-state index in [9.17, 15) is 14.4 Å². The molecule has 0 aromatic heterocycles. The first-order chi connectivity index (χ1) is 15.3. The summed E-state index contributed by atoms with van der Waals surface area (Å²) < 4.78 is 11.0. The number of carbonyl (C=O) groups is 3. The molecule has 0 atom stereocenters. The molecule has 1 aliphatic rings. The summed E-state index contributed by atoms with van der Waals surface area (Å²) in [5, 5.41) is 2.69. The third-order valence-electron chi connectivity index (χ3n) is 4.46. The molecule has 0 radical (unpaired) electrons. The zero-order valence-electron chi connectivity index (χ0n) is 17.2. The second-order valence-electron chi connectivity index (χ2n) is 6.64. The average molecular weight is 473 g/mol. The standard InChI is InChI=1S/C23H18Cl2N2O5/c1-4-8-32-20-17(25)10-14(11-19(20)31-5-2)9-16-21(28)26-23(30)27(22(16)29)18-12-15(24)7-6-13(18)3/h1,6-7,9-12H,5,8H2,2-3H3,(H,26,28,30)/b16-9+. The molecule has 1 N–H and O–H groups in total. The van der Waals surface area contributed by atoms with Crippen molar-refractivity contribution in [3.05, 3.63) is 57.1 Å². The van der Waals surface area contributed by atoms with Crippen molar-refractivity contribution in [2.24, 2.45) is 0 Å². The van der Waals surface area contributed by atoms with E-state index in [0.29, 0.717) is 28.5 Å². The minimum Gasteiger partial charge on any atom is -0.490 e. The van der Waals surface area contributed by atoms with Gasteiger partial charge in [-0.05, 0) is 55.3 Å². The van der Waals surface area contributed by atoms with Crippen LogP contribution in [0.2, 0.25) is 10.0 Å². The lowest BCUT2D eigenvalue weighted by atomic mass is 10.1. The van der Waals surface area contributed by atoms with E-state index in [1.807, 2.05) is 0 Å². The number of carbonyl (C=O) groups excluding carboxylic acids is 3. The molecule has 2 aromatic rings. The Balaban J connectivity index is 2.06. The quantitative estimate of drug-likeness (QED) is 0.383. The SMILES string of the molecule is C#CCOc1c(Cl)cc(/C=C2\C(=O)NC(=O)N(c3cc(Cl)ccc3C)C2=O)cc1OCC. The molecule has 0 aliphatic carbocycles. The number of rotatable bonds is 6. The molecule has 1 heterocycles. The number of aryl methyl sites for hydroxylation is 1. The van der Waals surface area contributed by atoms with Gasteiger partial charge >= 0.3 is 6.03 Å². The fourth-order valence-electron chi connectivity index (χ4n) is 3.05. The maximum atomic E-state index is 13.1. The molecule has 0 bridgehead atoms. The number of hydrogen-bond donors (Lipinski definition) is 1. The number of benzene rings is 2. The normalized spacial score (nSPS) is 14.9. The smallest absolute Gasteiger partial charge is 0.335 e. The largest absolute Gasteiger partial charge is 0.490 e. The van der Waals surface area contributed by atoms with Crippen LogP contribution in [0.25, 0.3) is 6.08 Å². The van der Waals surface area contributed by atoms with E-state index in [0.717, 1.165) is 4.90 Å². The third-order valence-corrected chi connectivity index (χ3v) is 4.97. The first-order valence-electron chi connectivity index (χ1n) is 9.47. The molecule has 0 saturated carbocycles. The Morgan fingerprint density at radius 2 is 1.91 bits per heavy atom. The van der Waals surface area contributed by atoms with Crippen LogP contribution in [0, 0.1) is 19.3 Å². The van der Waals surface area contributed by atoms with Crippen LogP contribution in [0.3, 0.4) is 0 Å². The fraction of sp³-hybridized carbons (Fsp3) is 0.174. The highest BCUT2D eigenvalue weighted by molar-refractivity contribution is 6.40. The molecule has 3 rings (SSSR count). The minimum absolute atomic E-state index is 0.0167. The second kappa shape index (κ2) is 9.77. The van der Waals surface area contributed by atoms with Crippen molar-refractivity contribution >= 4 is 52.8 Å². The van der Waals surface area contributed by atoms with Gasteiger partial charge in [0.15, 0.2) is 11.5 Å². The topological polar surface area (TPSA) is 84.9 Å². The highest BCUT2D eigenvalue weighted by Gasteiger charge is 2.37. The number of terminal acetylenes is 1. The lowest BCUT2D eigenvalue weighted by Crippen LogP contribution is -2.54. The number of nitrogens with zero attached hydrogens (tertiary/aromatic N) is 1. The van der Waals surface area contributed by atoms with Crippen molar-refractivity contribution in [2.75, 3.05) is 18.1 Å². The van der Waals surface area contributed by atoms with E-state index in [1.165, 1.54) is 18.2 Å². The summed E-state index contributed by atoms with van der Waals surface area (Å²) in [6, 6.07) is 6.96. The Kier molecular flexibility index (Phi) is 7.08. The predicted octanol–water partition coefficient (Wildman–Crippen LogP) is 4.38. The maximum Gasteiger partial charge on any atom is 0.335 e. The zero-order chi connectivity index (χ0) is 23.4. The van der Waals surface area contributed by atoms with Crippen LogP contribution in [0.15, 0.2) is 35.9 Å². The van der Waals surface area contributed by atoms with Crippen LogP contribution in [0.4, 0.5) is 10.5 Å². The predicted molar refractivity (Wildman–Crippen MR) is 122 cm³/mol. The van der Waals surface area contributed by atoms with Gasteiger partial charge in [0.05, 0.1) is 17.3 Å². The van der Waals surface area contributed by atoms with Gasteiger partial charge in [-0.25, -0.2) is 9.69 Å². The van der Waals surface area contributed by atoms with E-state index in [4.69, 9.17) is 39.1 Å². The molecule has 1 saturated heterocycles. The van der Waals surface area contributed by atoms with Gasteiger partial charge in [0.25, 0.3) is 11.8 Å². The van der Waals surface area contributed by atoms with Crippen molar-refractivity contribution in [2.45, 2.75) is 13.8 Å². The van der Waals surface area contributed by atoms with E-state index in [2.05, 4.69) is 11.2 Å². The van der Waals surface area contributed by atoms with Crippen molar-refractivity contribution < 1.29 is 23.9 Å². The molecular formula is C23H18Cl2N2O5. The van der Waals surface area contributed by atoms with E-state index in [-0.39, 0.29) is 28.6 Å². The highest BCUT2D eigenvalue weighted by atomic mass is 35.5. The summed E-state index contributed by atoms with van der Waals surface area (Å²) in [4.78, 5) is 38.9. The van der Waals surface area contributed by atoms with Gasteiger partial charge in [-0.3, -0.25) is 14.9 Å². The molecule has 32 heavy (non-hydrogen) atoms. The monoisotopic (exact) mass is 472 g/mol. The molecule has 2 aromatic carbocycles. The lowest BCUT2D eigenvalue weighted by molar-refractivity contribution is -0.122. The van der Waals surface area contributed by atoms with Gasteiger partial charge in [-0.1, -0.05) is 35.2 Å². The number of halogens is 2. The number of nitrogens with one attached hydrogen (secondary N) is 1. The third kappa shape index (κ3) is 4.72. The van der Waals surface area contributed by atoms with Gasteiger partial charge < -0.3 is 9.47 Å². The summed E-state index contributed by atoms with van der Waals surface area (Å²) in [5.41, 5.74) is 1.02. The number of amides is 4. The van der Waals surface area contributed by atoms with E-state index >= 15 is 0 Å². The summed E-state index contributed by atoms with van der Waals surface area (Å²) >= 11 is 12.4. The Hall–Kier alpha value is -3.47. The van der Waals surface area contributed by atoms with Gasteiger partial charge in [0.1, 0.15) is 12.2 Å². The fourth-order valence-corrected chi connectivity index (χ4v) is 3.49. The van der Waals surface area contributed by atoms with Gasteiger partial charge in [-0.2, -0.15) is 0 Å². The summed E-state index contributed by atoms with van der Waals surface area (Å²) in [7, 11) is 0. The molecule has 0 spiro atoms. The number of ether oxygens (including phenoxy) is 2. The Bertz CT molecular complexity index is 1180.